The van der Waals surface area contributed by atoms with Gasteiger partial charge >= 0.3 is 6.01 Å². The van der Waals surface area contributed by atoms with Crippen LogP contribution in [0.1, 0.15) is 11.5 Å². The molecule has 20 heavy (non-hydrogen) atoms. The second-order valence-electron chi connectivity index (χ2n) is 4.15. The van der Waals surface area contributed by atoms with Crippen LogP contribution in [0, 0.1) is 0 Å². The lowest BCUT2D eigenvalue weighted by atomic mass is 10.2. The minimum atomic E-state index is 0.0259. The highest BCUT2D eigenvalue weighted by molar-refractivity contribution is 5.52. The van der Waals surface area contributed by atoms with E-state index in [1.54, 1.807) is 7.11 Å². The molecule has 1 aromatic carbocycles. The van der Waals surface area contributed by atoms with E-state index in [0.29, 0.717) is 25.1 Å². The molecule has 7 heteroatoms. The number of methoxy groups -OCH3 is 1. The Balaban J connectivity index is 1.85. The van der Waals surface area contributed by atoms with Gasteiger partial charge in [0.25, 0.3) is 0 Å². The fourth-order valence-electron chi connectivity index (χ4n) is 1.56. The third-order valence-corrected chi connectivity index (χ3v) is 2.61. The van der Waals surface area contributed by atoms with Crippen molar-refractivity contribution in [3.63, 3.8) is 0 Å². The molecule has 3 N–H and O–H groups in total. The number of aromatic nitrogens is 2. The molecule has 0 aliphatic heterocycles. The molecule has 0 amide bonds. The molecular weight excluding hydrogens is 260 g/mol. The van der Waals surface area contributed by atoms with E-state index in [1.807, 2.05) is 24.3 Å². The monoisotopic (exact) mass is 278 g/mol. The van der Waals surface area contributed by atoms with Gasteiger partial charge in [0.05, 0.1) is 19.8 Å². The Labute approximate surface area is 117 Å². The zero-order chi connectivity index (χ0) is 14.2. The van der Waals surface area contributed by atoms with Gasteiger partial charge in [0, 0.05) is 19.3 Å². The van der Waals surface area contributed by atoms with Crippen molar-refractivity contribution in [2.75, 3.05) is 25.6 Å². The summed E-state index contributed by atoms with van der Waals surface area (Å²) in [4.78, 5) is 0. The first-order valence-corrected chi connectivity index (χ1v) is 6.30. The Kier molecular flexibility index (Phi) is 5.48. The van der Waals surface area contributed by atoms with Crippen LogP contribution in [0.5, 0.6) is 0 Å². The largest absolute Gasteiger partial charge is 0.406 e. The molecule has 7 nitrogen and oxygen atoms in total. The lowest BCUT2D eigenvalue weighted by Crippen LogP contribution is -2.18. The summed E-state index contributed by atoms with van der Waals surface area (Å²) in [6.07, 6.45) is 0. The molecule has 108 valence electrons. The van der Waals surface area contributed by atoms with Gasteiger partial charge < -0.3 is 24.9 Å². The van der Waals surface area contributed by atoms with E-state index in [9.17, 15) is 0 Å². The summed E-state index contributed by atoms with van der Waals surface area (Å²) in [6, 6.07) is 7.67. The summed E-state index contributed by atoms with van der Waals surface area (Å²) in [7, 11) is 1.65. The number of rotatable bonds is 8. The first-order valence-electron chi connectivity index (χ1n) is 6.30. The number of nitrogens with zero attached hydrogens (tertiary/aromatic N) is 2. The summed E-state index contributed by atoms with van der Waals surface area (Å²) in [5.74, 6) is 0.510. The molecule has 2 rings (SSSR count). The molecule has 0 bridgehead atoms. The quantitative estimate of drug-likeness (QED) is 0.621. The highest BCUT2D eigenvalue weighted by atomic mass is 16.5. The summed E-state index contributed by atoms with van der Waals surface area (Å²) in [6.45, 7) is 1.89. The lowest BCUT2D eigenvalue weighted by molar-refractivity contribution is 0.198. The van der Waals surface area contributed by atoms with Crippen LogP contribution in [0.4, 0.5) is 11.7 Å². The van der Waals surface area contributed by atoms with E-state index in [0.717, 1.165) is 17.8 Å². The Morgan fingerprint density at radius 3 is 2.75 bits per heavy atom. The Hall–Kier alpha value is -1.96. The smallest absolute Gasteiger partial charge is 0.320 e. The highest BCUT2D eigenvalue weighted by Crippen LogP contribution is 2.15. The van der Waals surface area contributed by atoms with Crippen molar-refractivity contribution in [2.45, 2.75) is 13.2 Å². The Morgan fingerprint density at radius 2 is 2.05 bits per heavy atom. The van der Waals surface area contributed by atoms with Crippen molar-refractivity contribution >= 4 is 11.7 Å². The normalized spacial score (nSPS) is 10.7. The topological polar surface area (TPSA) is 92.4 Å². The first kappa shape index (κ1) is 14.4. The summed E-state index contributed by atoms with van der Waals surface area (Å²) in [5.41, 5.74) is 1.67. The van der Waals surface area contributed by atoms with Gasteiger partial charge in [0.1, 0.15) is 0 Å². The minimum Gasteiger partial charge on any atom is -0.406 e. The van der Waals surface area contributed by atoms with Crippen molar-refractivity contribution in [3.8, 4) is 0 Å². The fourth-order valence-corrected chi connectivity index (χ4v) is 1.56. The number of ether oxygens (including phenoxy) is 1. The summed E-state index contributed by atoms with van der Waals surface area (Å²) in [5, 5.41) is 22.9. The Morgan fingerprint density at radius 1 is 1.25 bits per heavy atom. The summed E-state index contributed by atoms with van der Waals surface area (Å²) >= 11 is 0. The first-order chi connectivity index (χ1) is 9.81. The molecule has 2 aromatic rings. The molecule has 1 aromatic heterocycles. The van der Waals surface area contributed by atoms with Crippen LogP contribution in [0.2, 0.25) is 0 Å². The lowest BCUT2D eigenvalue weighted by Gasteiger charge is -2.02. The van der Waals surface area contributed by atoms with Gasteiger partial charge in [-0.15, -0.1) is 5.10 Å². The van der Waals surface area contributed by atoms with Gasteiger partial charge in [0.2, 0.25) is 5.89 Å². The second kappa shape index (κ2) is 7.59. The van der Waals surface area contributed by atoms with Crippen LogP contribution >= 0.6 is 0 Å². The van der Waals surface area contributed by atoms with Crippen LogP contribution in [0.3, 0.4) is 0 Å². The van der Waals surface area contributed by atoms with Crippen LogP contribution in [-0.4, -0.2) is 35.6 Å². The van der Waals surface area contributed by atoms with E-state index >= 15 is 0 Å². The average molecular weight is 278 g/mol. The molecule has 1 heterocycles. The van der Waals surface area contributed by atoms with Crippen LogP contribution in [0.25, 0.3) is 0 Å². The zero-order valence-electron chi connectivity index (χ0n) is 11.3. The van der Waals surface area contributed by atoms with Crippen molar-refractivity contribution < 1.29 is 14.3 Å². The third-order valence-electron chi connectivity index (χ3n) is 2.61. The van der Waals surface area contributed by atoms with E-state index in [-0.39, 0.29) is 6.61 Å². The van der Waals surface area contributed by atoms with Crippen molar-refractivity contribution in [2.24, 2.45) is 0 Å². The third kappa shape index (κ3) is 4.30. The number of aliphatic hydroxyl groups excluding tert-OH is 1. The van der Waals surface area contributed by atoms with Crippen LogP contribution in [-0.2, 0) is 17.9 Å². The molecule has 0 aliphatic rings. The predicted molar refractivity (Wildman–Crippen MR) is 73.5 cm³/mol. The van der Waals surface area contributed by atoms with Crippen molar-refractivity contribution in [1.82, 2.24) is 15.5 Å². The SMILES string of the molecule is COCCNCc1nnc(Nc2ccc(CO)cc2)o1. The van der Waals surface area contributed by atoms with E-state index in [4.69, 9.17) is 14.3 Å². The predicted octanol–water partition coefficient (Wildman–Crippen LogP) is 1.04. The Bertz CT molecular complexity index is 513. The van der Waals surface area contributed by atoms with Gasteiger partial charge in [0.15, 0.2) is 0 Å². The molecule has 0 saturated heterocycles. The second-order valence-corrected chi connectivity index (χ2v) is 4.15. The minimum absolute atomic E-state index is 0.0259. The van der Waals surface area contributed by atoms with E-state index < -0.39 is 0 Å². The van der Waals surface area contributed by atoms with Gasteiger partial charge in [-0.05, 0) is 17.7 Å². The van der Waals surface area contributed by atoms with Crippen molar-refractivity contribution in [3.05, 3.63) is 35.7 Å². The molecule has 0 unspecified atom stereocenters. The molecule has 0 saturated carbocycles. The van der Waals surface area contributed by atoms with Gasteiger partial charge in [-0.2, -0.15) is 0 Å². The standard InChI is InChI=1S/C13H18N4O3/c1-19-7-6-14-8-12-16-17-13(20-12)15-11-4-2-10(9-18)3-5-11/h2-5,14,18H,6-9H2,1H3,(H,15,17). The number of anilines is 2. The van der Waals surface area contributed by atoms with Crippen LogP contribution < -0.4 is 10.6 Å². The maximum Gasteiger partial charge on any atom is 0.320 e. The molecule has 0 radical (unpaired) electrons. The van der Waals surface area contributed by atoms with Gasteiger partial charge in [-0.3, -0.25) is 0 Å². The van der Waals surface area contributed by atoms with E-state index in [2.05, 4.69) is 20.8 Å². The molecule has 0 spiro atoms. The fraction of sp³-hybridized carbons (Fsp3) is 0.385. The molecular formula is C13H18N4O3. The van der Waals surface area contributed by atoms with Crippen LogP contribution in [0.15, 0.2) is 28.7 Å². The zero-order valence-corrected chi connectivity index (χ0v) is 11.3. The number of benzene rings is 1. The molecule has 0 atom stereocenters. The number of aliphatic hydroxyl groups is 1. The maximum absolute atomic E-state index is 8.97. The van der Waals surface area contributed by atoms with E-state index in [1.165, 1.54) is 0 Å². The molecule has 0 aliphatic carbocycles. The number of hydrogen-bond donors (Lipinski definition) is 3. The van der Waals surface area contributed by atoms with Crippen molar-refractivity contribution in [1.29, 1.82) is 0 Å². The number of nitrogens with one attached hydrogen (secondary N) is 2. The van der Waals surface area contributed by atoms with Gasteiger partial charge in [-0.1, -0.05) is 17.2 Å². The number of hydrogen-bond acceptors (Lipinski definition) is 7. The van der Waals surface area contributed by atoms with Gasteiger partial charge in [-0.25, -0.2) is 0 Å². The maximum atomic E-state index is 8.97. The summed E-state index contributed by atoms with van der Waals surface area (Å²) < 4.78 is 10.4. The highest BCUT2D eigenvalue weighted by Gasteiger charge is 2.05. The average Bonchev–Trinajstić information content (AvgIpc) is 2.92. The molecule has 0 fully saturated rings.